The van der Waals surface area contributed by atoms with Gasteiger partial charge < -0.3 is 20.6 Å². The molecule has 0 aliphatic heterocycles. The quantitative estimate of drug-likeness (QED) is 0.399. The summed E-state index contributed by atoms with van der Waals surface area (Å²) in [6.07, 6.45) is 0.734. The standard InChI is InChI=1S/C8H16NO5P/c1-5(2)6(4-15(12,13)14)3-7(9)8(10)11/h3,5,7H,4,9H2,1-2H3,(H,10,11)(H2,12,13,14). The summed E-state index contributed by atoms with van der Waals surface area (Å²) in [4.78, 5) is 28.0. The van der Waals surface area contributed by atoms with Crippen LogP contribution in [0.2, 0.25) is 0 Å². The van der Waals surface area contributed by atoms with Crippen molar-refractivity contribution < 1.29 is 24.3 Å². The Bertz CT molecular complexity index is 306. The number of hydrogen-bond acceptors (Lipinski definition) is 3. The van der Waals surface area contributed by atoms with Crippen molar-refractivity contribution in [3.8, 4) is 0 Å². The van der Waals surface area contributed by atoms with Crippen LogP contribution in [0, 0.1) is 5.92 Å². The number of aliphatic carboxylic acids is 1. The topological polar surface area (TPSA) is 121 Å². The van der Waals surface area contributed by atoms with Gasteiger partial charge >= 0.3 is 13.6 Å². The first kappa shape index (κ1) is 14.3. The van der Waals surface area contributed by atoms with Gasteiger partial charge in [-0.15, -0.1) is 0 Å². The van der Waals surface area contributed by atoms with E-state index in [1.165, 1.54) is 6.08 Å². The summed E-state index contributed by atoms with van der Waals surface area (Å²) in [5.74, 6) is -1.37. The monoisotopic (exact) mass is 237 g/mol. The first-order valence-corrected chi connectivity index (χ1v) is 6.17. The smallest absolute Gasteiger partial charge is 0.329 e. The number of carboxylic acids is 1. The van der Waals surface area contributed by atoms with Crippen molar-refractivity contribution in [1.82, 2.24) is 0 Å². The van der Waals surface area contributed by atoms with Gasteiger partial charge in [-0.1, -0.05) is 25.5 Å². The maximum atomic E-state index is 10.8. The predicted molar refractivity (Wildman–Crippen MR) is 55.4 cm³/mol. The van der Waals surface area contributed by atoms with Crippen LogP contribution in [0.1, 0.15) is 13.8 Å². The van der Waals surface area contributed by atoms with E-state index in [-0.39, 0.29) is 5.92 Å². The van der Waals surface area contributed by atoms with Gasteiger partial charge in [-0.25, -0.2) is 0 Å². The first-order valence-electron chi connectivity index (χ1n) is 4.37. The van der Waals surface area contributed by atoms with Crippen molar-refractivity contribution in [1.29, 1.82) is 0 Å². The minimum Gasteiger partial charge on any atom is -0.480 e. The van der Waals surface area contributed by atoms with E-state index in [1.807, 2.05) is 0 Å². The van der Waals surface area contributed by atoms with Gasteiger partial charge in [0.2, 0.25) is 0 Å². The van der Waals surface area contributed by atoms with Crippen molar-refractivity contribution in [2.45, 2.75) is 19.9 Å². The average Bonchev–Trinajstić information content (AvgIpc) is 1.99. The maximum absolute atomic E-state index is 10.8. The van der Waals surface area contributed by atoms with Crippen LogP contribution in [0.4, 0.5) is 0 Å². The SMILES string of the molecule is CC(C)C(=CC(N)C(=O)O)CP(=O)(O)O. The van der Waals surface area contributed by atoms with Crippen LogP contribution in [0.3, 0.4) is 0 Å². The van der Waals surface area contributed by atoms with Gasteiger partial charge in [-0.05, 0) is 5.92 Å². The van der Waals surface area contributed by atoms with E-state index < -0.39 is 25.8 Å². The minimum atomic E-state index is -4.18. The van der Waals surface area contributed by atoms with E-state index in [9.17, 15) is 9.36 Å². The van der Waals surface area contributed by atoms with Crippen LogP contribution in [-0.4, -0.2) is 33.1 Å². The fourth-order valence-electron chi connectivity index (χ4n) is 0.967. The second-order valence-corrected chi connectivity index (χ2v) is 5.23. The molecular formula is C8H16NO5P. The normalized spacial score (nSPS) is 15.5. The Balaban J connectivity index is 4.82. The Morgan fingerprint density at radius 3 is 2.20 bits per heavy atom. The third kappa shape index (κ3) is 6.41. The second-order valence-electron chi connectivity index (χ2n) is 3.58. The highest BCUT2D eigenvalue weighted by Gasteiger charge is 2.20. The Kier molecular flexibility index (Phi) is 5.17. The molecule has 0 saturated heterocycles. The molecule has 0 aromatic heterocycles. The van der Waals surface area contributed by atoms with Gasteiger partial charge in [0.05, 0.1) is 6.16 Å². The van der Waals surface area contributed by atoms with Crippen molar-refractivity contribution in [2.75, 3.05) is 6.16 Å². The second kappa shape index (κ2) is 5.42. The van der Waals surface area contributed by atoms with Gasteiger partial charge in [-0.2, -0.15) is 0 Å². The average molecular weight is 237 g/mol. The molecule has 0 bridgehead atoms. The van der Waals surface area contributed by atoms with Gasteiger partial charge in [0.25, 0.3) is 0 Å². The van der Waals surface area contributed by atoms with Crippen LogP contribution < -0.4 is 5.73 Å². The maximum Gasteiger partial charge on any atom is 0.329 e. The fraction of sp³-hybridized carbons (Fsp3) is 0.625. The number of carboxylic acid groups (broad SMARTS) is 1. The summed E-state index contributed by atoms with van der Waals surface area (Å²) < 4.78 is 10.8. The molecular weight excluding hydrogens is 221 g/mol. The molecule has 1 unspecified atom stereocenters. The molecule has 0 rings (SSSR count). The molecule has 5 N–H and O–H groups in total. The van der Waals surface area contributed by atoms with Gasteiger partial charge in [0.1, 0.15) is 6.04 Å². The molecule has 0 saturated carbocycles. The number of nitrogens with two attached hydrogens (primary N) is 1. The fourth-order valence-corrected chi connectivity index (χ4v) is 1.91. The third-order valence-electron chi connectivity index (χ3n) is 1.81. The molecule has 0 aromatic carbocycles. The van der Waals surface area contributed by atoms with Crippen molar-refractivity contribution in [3.05, 3.63) is 11.6 Å². The molecule has 0 fully saturated rings. The lowest BCUT2D eigenvalue weighted by Gasteiger charge is -2.13. The molecule has 15 heavy (non-hydrogen) atoms. The zero-order valence-electron chi connectivity index (χ0n) is 8.62. The summed E-state index contributed by atoms with van der Waals surface area (Å²) >= 11 is 0. The summed E-state index contributed by atoms with van der Waals surface area (Å²) in [7, 11) is -4.18. The van der Waals surface area contributed by atoms with Crippen molar-refractivity contribution >= 4 is 13.6 Å². The largest absolute Gasteiger partial charge is 0.480 e. The highest BCUT2D eigenvalue weighted by Crippen LogP contribution is 2.38. The number of rotatable bonds is 5. The predicted octanol–water partition coefficient (Wildman–Crippen LogP) is 0.158. The molecule has 0 aromatic rings. The molecule has 0 aliphatic carbocycles. The van der Waals surface area contributed by atoms with Gasteiger partial charge in [0, 0.05) is 0 Å². The highest BCUT2D eigenvalue weighted by atomic mass is 31.2. The van der Waals surface area contributed by atoms with Crippen LogP contribution in [0.5, 0.6) is 0 Å². The Labute approximate surface area is 88.0 Å². The van der Waals surface area contributed by atoms with E-state index in [2.05, 4.69) is 0 Å². The van der Waals surface area contributed by atoms with E-state index in [0.717, 1.165) is 0 Å². The zero-order chi connectivity index (χ0) is 12.2. The summed E-state index contributed by atoms with van der Waals surface area (Å²) in [6, 6.07) is -1.23. The molecule has 1 atom stereocenters. The van der Waals surface area contributed by atoms with E-state index in [1.54, 1.807) is 13.8 Å². The van der Waals surface area contributed by atoms with E-state index in [4.69, 9.17) is 20.6 Å². The first-order chi connectivity index (χ1) is 6.63. The number of hydrogen-bond donors (Lipinski definition) is 4. The molecule has 0 amide bonds. The zero-order valence-corrected chi connectivity index (χ0v) is 9.52. The molecule has 0 spiro atoms. The van der Waals surface area contributed by atoms with Crippen LogP contribution >= 0.6 is 7.60 Å². The van der Waals surface area contributed by atoms with Crippen LogP contribution in [0.15, 0.2) is 11.6 Å². The Morgan fingerprint density at radius 1 is 1.47 bits per heavy atom. The van der Waals surface area contributed by atoms with Gasteiger partial charge in [0.15, 0.2) is 0 Å². The van der Waals surface area contributed by atoms with E-state index >= 15 is 0 Å². The molecule has 7 heteroatoms. The Morgan fingerprint density at radius 2 is 1.93 bits per heavy atom. The molecule has 0 aliphatic rings. The Hall–Kier alpha value is -0.680. The third-order valence-corrected chi connectivity index (χ3v) is 2.59. The molecule has 88 valence electrons. The molecule has 0 radical (unpaired) electrons. The van der Waals surface area contributed by atoms with Crippen molar-refractivity contribution in [3.63, 3.8) is 0 Å². The number of carbonyl (C=O) groups is 1. The van der Waals surface area contributed by atoms with Crippen LogP contribution in [-0.2, 0) is 9.36 Å². The number of allylic oxidation sites excluding steroid dienone is 1. The van der Waals surface area contributed by atoms with E-state index in [0.29, 0.717) is 5.57 Å². The van der Waals surface area contributed by atoms with Crippen molar-refractivity contribution in [2.24, 2.45) is 11.7 Å². The lowest BCUT2D eigenvalue weighted by atomic mass is 10.0. The van der Waals surface area contributed by atoms with Gasteiger partial charge in [-0.3, -0.25) is 9.36 Å². The summed E-state index contributed by atoms with van der Waals surface area (Å²) in [5.41, 5.74) is 5.60. The highest BCUT2D eigenvalue weighted by molar-refractivity contribution is 7.52. The summed E-state index contributed by atoms with van der Waals surface area (Å²) in [5, 5.41) is 8.55. The van der Waals surface area contributed by atoms with Crippen LogP contribution in [0.25, 0.3) is 0 Å². The lowest BCUT2D eigenvalue weighted by molar-refractivity contribution is -0.137. The molecule has 0 heterocycles. The summed E-state index contributed by atoms with van der Waals surface area (Å²) in [6.45, 7) is 3.44. The minimum absolute atomic E-state index is 0.150. The lowest BCUT2D eigenvalue weighted by Crippen LogP contribution is -2.28. The molecule has 6 nitrogen and oxygen atoms in total.